The molecule has 1 heterocycles. The summed E-state index contributed by atoms with van der Waals surface area (Å²) in [6, 6.07) is -0.153. The molecule has 0 saturated heterocycles. The van der Waals surface area contributed by atoms with Gasteiger partial charge in [0.25, 0.3) is 0 Å². The summed E-state index contributed by atoms with van der Waals surface area (Å²) in [7, 11) is 1.70. The minimum atomic E-state index is -0.153. The number of ketones is 1. The lowest BCUT2D eigenvalue weighted by Crippen LogP contribution is -2.37. The molecule has 84 valence electrons. The molecule has 1 aromatic rings. The number of Topliss-reactive ketones (excluding diaryl/α,β-unsaturated/α-hetero) is 1. The van der Waals surface area contributed by atoms with Crippen molar-refractivity contribution in [3.8, 4) is 0 Å². The van der Waals surface area contributed by atoms with Crippen LogP contribution in [0.25, 0.3) is 0 Å². The Kier molecular flexibility index (Phi) is 3.24. The van der Waals surface area contributed by atoms with Crippen LogP contribution in [-0.4, -0.2) is 26.8 Å². The standard InChI is InChI=1S/C10H18N4O/c1-10(2,3)9(11)5-8(15)7-6-12-13-14(7)4/h6,9H,5,11H2,1-4H3. The van der Waals surface area contributed by atoms with Gasteiger partial charge >= 0.3 is 0 Å². The van der Waals surface area contributed by atoms with Gasteiger partial charge in [-0.15, -0.1) is 5.10 Å². The lowest BCUT2D eigenvalue weighted by molar-refractivity contribution is 0.0944. The molecule has 5 nitrogen and oxygen atoms in total. The predicted molar refractivity (Wildman–Crippen MR) is 57.4 cm³/mol. The molecule has 1 atom stereocenters. The number of hydrogen-bond donors (Lipinski definition) is 1. The molecule has 0 bridgehead atoms. The van der Waals surface area contributed by atoms with Gasteiger partial charge in [-0.2, -0.15) is 0 Å². The van der Waals surface area contributed by atoms with E-state index in [-0.39, 0.29) is 17.2 Å². The molecule has 0 aliphatic heterocycles. The largest absolute Gasteiger partial charge is 0.327 e. The summed E-state index contributed by atoms with van der Waals surface area (Å²) in [5.74, 6) is -0.00933. The molecular formula is C10H18N4O. The molecule has 0 radical (unpaired) electrons. The topological polar surface area (TPSA) is 73.8 Å². The van der Waals surface area contributed by atoms with Gasteiger partial charge in [-0.3, -0.25) is 4.79 Å². The van der Waals surface area contributed by atoms with Crippen molar-refractivity contribution in [3.63, 3.8) is 0 Å². The SMILES string of the molecule is Cn1nncc1C(=O)CC(N)C(C)(C)C. The zero-order valence-corrected chi connectivity index (χ0v) is 9.69. The number of hydrogen-bond acceptors (Lipinski definition) is 4. The van der Waals surface area contributed by atoms with Gasteiger partial charge in [-0.05, 0) is 5.41 Å². The number of carbonyl (C=O) groups excluding carboxylic acids is 1. The number of aromatic nitrogens is 3. The van der Waals surface area contributed by atoms with E-state index in [1.165, 1.54) is 10.9 Å². The number of aryl methyl sites for hydroxylation is 1. The molecule has 1 rings (SSSR count). The van der Waals surface area contributed by atoms with Crippen LogP contribution in [0.5, 0.6) is 0 Å². The van der Waals surface area contributed by atoms with E-state index in [0.29, 0.717) is 12.1 Å². The summed E-state index contributed by atoms with van der Waals surface area (Å²) in [5, 5.41) is 7.38. The van der Waals surface area contributed by atoms with Gasteiger partial charge in [0.1, 0.15) is 5.69 Å². The summed E-state index contributed by atoms with van der Waals surface area (Å²) in [6.07, 6.45) is 1.79. The van der Waals surface area contributed by atoms with Crippen molar-refractivity contribution >= 4 is 5.78 Å². The fourth-order valence-corrected chi connectivity index (χ4v) is 1.15. The van der Waals surface area contributed by atoms with E-state index in [4.69, 9.17) is 5.73 Å². The van der Waals surface area contributed by atoms with Crippen LogP contribution in [0.15, 0.2) is 6.20 Å². The van der Waals surface area contributed by atoms with Gasteiger partial charge in [-0.1, -0.05) is 26.0 Å². The molecule has 15 heavy (non-hydrogen) atoms. The summed E-state index contributed by atoms with van der Waals surface area (Å²) >= 11 is 0. The Labute approximate surface area is 89.6 Å². The number of nitrogens with two attached hydrogens (primary N) is 1. The molecular weight excluding hydrogens is 192 g/mol. The van der Waals surface area contributed by atoms with Crippen LogP contribution in [0.4, 0.5) is 0 Å². The van der Waals surface area contributed by atoms with Crippen LogP contribution in [0, 0.1) is 5.41 Å². The Morgan fingerprint density at radius 1 is 1.60 bits per heavy atom. The quantitative estimate of drug-likeness (QED) is 0.747. The number of carbonyl (C=O) groups is 1. The Bertz CT molecular complexity index is 351. The molecule has 1 unspecified atom stereocenters. The monoisotopic (exact) mass is 210 g/mol. The van der Waals surface area contributed by atoms with Crippen molar-refractivity contribution in [1.82, 2.24) is 15.0 Å². The molecule has 0 aromatic carbocycles. The lowest BCUT2D eigenvalue weighted by atomic mass is 9.84. The van der Waals surface area contributed by atoms with Gasteiger partial charge in [0, 0.05) is 19.5 Å². The van der Waals surface area contributed by atoms with E-state index >= 15 is 0 Å². The number of nitrogens with zero attached hydrogens (tertiary/aromatic N) is 3. The van der Waals surface area contributed by atoms with Crippen LogP contribution < -0.4 is 5.73 Å². The highest BCUT2D eigenvalue weighted by Gasteiger charge is 2.24. The normalized spacial score (nSPS) is 13.9. The van der Waals surface area contributed by atoms with Crippen molar-refractivity contribution in [2.45, 2.75) is 33.2 Å². The van der Waals surface area contributed by atoms with E-state index in [1.807, 2.05) is 20.8 Å². The van der Waals surface area contributed by atoms with Gasteiger partial charge < -0.3 is 5.73 Å². The van der Waals surface area contributed by atoms with Crippen LogP contribution >= 0.6 is 0 Å². The third kappa shape index (κ3) is 2.86. The molecule has 1 aromatic heterocycles. The Morgan fingerprint density at radius 2 is 2.20 bits per heavy atom. The van der Waals surface area contributed by atoms with Gasteiger partial charge in [0.2, 0.25) is 0 Å². The first-order valence-corrected chi connectivity index (χ1v) is 4.96. The maximum absolute atomic E-state index is 11.8. The molecule has 0 fully saturated rings. The maximum Gasteiger partial charge on any atom is 0.184 e. The Balaban J connectivity index is 2.69. The Hall–Kier alpha value is -1.23. The summed E-state index contributed by atoms with van der Waals surface area (Å²) in [5.41, 5.74) is 6.38. The van der Waals surface area contributed by atoms with Gasteiger partial charge in [0.05, 0.1) is 6.20 Å². The maximum atomic E-state index is 11.8. The average molecular weight is 210 g/mol. The molecule has 0 aliphatic rings. The summed E-state index contributed by atoms with van der Waals surface area (Å²) in [4.78, 5) is 11.8. The average Bonchev–Trinajstić information content (AvgIpc) is 2.49. The van der Waals surface area contributed by atoms with E-state index in [1.54, 1.807) is 7.05 Å². The highest BCUT2D eigenvalue weighted by atomic mass is 16.1. The van der Waals surface area contributed by atoms with Crippen molar-refractivity contribution in [2.24, 2.45) is 18.2 Å². The molecule has 0 amide bonds. The first kappa shape index (κ1) is 11.8. The van der Waals surface area contributed by atoms with E-state index < -0.39 is 0 Å². The molecule has 0 spiro atoms. The van der Waals surface area contributed by atoms with Crippen molar-refractivity contribution in [3.05, 3.63) is 11.9 Å². The highest BCUT2D eigenvalue weighted by molar-refractivity contribution is 5.94. The van der Waals surface area contributed by atoms with Gasteiger partial charge in [0.15, 0.2) is 5.78 Å². The Morgan fingerprint density at radius 3 is 2.60 bits per heavy atom. The minimum Gasteiger partial charge on any atom is -0.327 e. The fraction of sp³-hybridized carbons (Fsp3) is 0.700. The molecule has 0 saturated carbocycles. The van der Waals surface area contributed by atoms with Crippen molar-refractivity contribution in [2.75, 3.05) is 0 Å². The van der Waals surface area contributed by atoms with E-state index in [9.17, 15) is 4.79 Å². The lowest BCUT2D eigenvalue weighted by Gasteiger charge is -2.26. The summed E-state index contributed by atoms with van der Waals surface area (Å²) < 4.78 is 1.47. The summed E-state index contributed by atoms with van der Waals surface area (Å²) in [6.45, 7) is 6.06. The van der Waals surface area contributed by atoms with E-state index in [0.717, 1.165) is 0 Å². The van der Waals surface area contributed by atoms with Crippen molar-refractivity contribution in [1.29, 1.82) is 0 Å². The van der Waals surface area contributed by atoms with Crippen molar-refractivity contribution < 1.29 is 4.79 Å². The highest BCUT2D eigenvalue weighted by Crippen LogP contribution is 2.20. The third-order valence-electron chi connectivity index (χ3n) is 2.52. The zero-order chi connectivity index (χ0) is 11.6. The molecule has 5 heteroatoms. The minimum absolute atomic E-state index is 0.00933. The second-order valence-corrected chi connectivity index (χ2v) is 4.84. The first-order valence-electron chi connectivity index (χ1n) is 4.96. The van der Waals surface area contributed by atoms with Crippen LogP contribution in [0.1, 0.15) is 37.7 Å². The van der Waals surface area contributed by atoms with Gasteiger partial charge in [-0.25, -0.2) is 4.68 Å². The van der Waals surface area contributed by atoms with Crippen LogP contribution in [0.3, 0.4) is 0 Å². The smallest absolute Gasteiger partial charge is 0.184 e. The van der Waals surface area contributed by atoms with E-state index in [2.05, 4.69) is 10.3 Å². The second kappa shape index (κ2) is 4.10. The predicted octanol–water partition coefficient (Wildman–Crippen LogP) is 0.761. The molecule has 2 N–H and O–H groups in total. The zero-order valence-electron chi connectivity index (χ0n) is 9.69. The number of rotatable bonds is 3. The third-order valence-corrected chi connectivity index (χ3v) is 2.52. The molecule has 0 aliphatic carbocycles. The van der Waals surface area contributed by atoms with Crippen LogP contribution in [0.2, 0.25) is 0 Å². The first-order chi connectivity index (χ1) is 6.82. The fourth-order valence-electron chi connectivity index (χ4n) is 1.15. The second-order valence-electron chi connectivity index (χ2n) is 4.84. The van der Waals surface area contributed by atoms with Crippen LogP contribution in [-0.2, 0) is 7.05 Å².